The lowest BCUT2D eigenvalue weighted by Gasteiger charge is -2.07. The molecule has 0 spiro atoms. The minimum Gasteiger partial charge on any atom is -0.508 e. The molecule has 1 aromatic carbocycles. The number of aromatic hydroxyl groups is 1. The van der Waals surface area contributed by atoms with Crippen LogP contribution in [0.4, 0.5) is 10.1 Å². The Morgan fingerprint density at radius 2 is 1.74 bits per heavy atom. The van der Waals surface area contributed by atoms with Crippen LogP contribution in [0.1, 0.15) is 21.6 Å². The third-order valence-corrected chi connectivity index (χ3v) is 5.25. The number of fused-ring (bicyclic) bond motifs is 1. The van der Waals surface area contributed by atoms with Crippen LogP contribution in [0.25, 0.3) is 5.52 Å². The summed E-state index contributed by atoms with van der Waals surface area (Å²) in [5.41, 5.74) is 2.01. The Morgan fingerprint density at radius 3 is 2.42 bits per heavy atom. The smallest absolute Gasteiger partial charge is 0.296 e. The molecule has 0 radical (unpaired) electrons. The number of anilines is 1. The lowest BCUT2D eigenvalue weighted by molar-refractivity contribution is -0.112. The number of amides is 1. The molecule has 0 atom stereocenters. The number of Topliss-reactive ketones (excluding diaryl/α,β-unsaturated/α-hetero) is 1. The largest absolute Gasteiger partial charge is 0.508 e. The molecule has 4 aromatic rings. The highest BCUT2D eigenvalue weighted by Gasteiger charge is 2.24. The second-order valence-corrected chi connectivity index (χ2v) is 7.57. The third kappa shape index (κ3) is 4.23. The lowest BCUT2D eigenvalue weighted by atomic mass is 10.1. The molecule has 2 N–H and O–H groups in total. The second-order valence-electron chi connectivity index (χ2n) is 6.75. The van der Waals surface area contributed by atoms with Gasteiger partial charge in [-0.25, -0.2) is 4.39 Å². The average molecular weight is 458 g/mol. The number of pyridine rings is 2. The molecule has 0 saturated heterocycles. The zero-order chi connectivity index (χ0) is 22.1. The van der Waals surface area contributed by atoms with Crippen LogP contribution in [-0.4, -0.2) is 26.2 Å². The number of carbonyl (C=O) groups excluding carboxylic acids is 2. The summed E-state index contributed by atoms with van der Waals surface area (Å²) in [6.07, 6.45) is 4.55. The average Bonchev–Trinajstić information content (AvgIpc) is 3.09. The van der Waals surface area contributed by atoms with Gasteiger partial charge in [0.05, 0.1) is 26.8 Å². The SMILES string of the molecule is O=C(Nc1c(Cl)cncc1Cl)C(=O)c1cc(Cc2ccc(F)cc2)n2ccc(O)cc12. The normalized spacial score (nSPS) is 10.9. The zero-order valence-corrected chi connectivity index (χ0v) is 17.3. The van der Waals surface area contributed by atoms with Gasteiger partial charge in [-0.2, -0.15) is 0 Å². The van der Waals surface area contributed by atoms with Gasteiger partial charge < -0.3 is 14.8 Å². The van der Waals surface area contributed by atoms with E-state index in [1.54, 1.807) is 28.8 Å². The van der Waals surface area contributed by atoms with E-state index in [0.29, 0.717) is 17.6 Å². The fourth-order valence-electron chi connectivity index (χ4n) is 3.21. The molecule has 3 aromatic heterocycles. The van der Waals surface area contributed by atoms with E-state index in [0.717, 1.165) is 5.56 Å². The van der Waals surface area contributed by atoms with E-state index in [1.165, 1.54) is 36.7 Å². The van der Waals surface area contributed by atoms with Crippen molar-refractivity contribution in [1.82, 2.24) is 9.38 Å². The first-order valence-electron chi connectivity index (χ1n) is 9.05. The summed E-state index contributed by atoms with van der Waals surface area (Å²) in [5, 5.41) is 12.5. The van der Waals surface area contributed by atoms with Crippen molar-refractivity contribution in [2.75, 3.05) is 5.32 Å². The minimum atomic E-state index is -0.945. The minimum absolute atomic E-state index is 0.0615. The van der Waals surface area contributed by atoms with Gasteiger partial charge in [0.15, 0.2) is 0 Å². The Balaban J connectivity index is 1.71. The summed E-state index contributed by atoms with van der Waals surface area (Å²) >= 11 is 12.0. The molecule has 6 nitrogen and oxygen atoms in total. The van der Waals surface area contributed by atoms with Crippen LogP contribution >= 0.6 is 23.2 Å². The summed E-state index contributed by atoms with van der Waals surface area (Å²) in [6, 6.07) is 10.4. The van der Waals surface area contributed by atoms with Crippen molar-refractivity contribution >= 4 is 46.1 Å². The molecule has 0 aliphatic carbocycles. The van der Waals surface area contributed by atoms with Gasteiger partial charge in [-0.1, -0.05) is 35.3 Å². The Bertz CT molecular complexity index is 1300. The van der Waals surface area contributed by atoms with Gasteiger partial charge in [0, 0.05) is 36.8 Å². The second kappa shape index (κ2) is 8.37. The molecule has 31 heavy (non-hydrogen) atoms. The van der Waals surface area contributed by atoms with Gasteiger partial charge in [0.25, 0.3) is 11.7 Å². The van der Waals surface area contributed by atoms with Gasteiger partial charge in [-0.05, 0) is 29.8 Å². The highest BCUT2D eigenvalue weighted by molar-refractivity contribution is 6.49. The van der Waals surface area contributed by atoms with Gasteiger partial charge in [0.2, 0.25) is 0 Å². The van der Waals surface area contributed by atoms with E-state index >= 15 is 0 Å². The molecule has 0 bridgehead atoms. The number of rotatable bonds is 5. The number of nitrogens with zero attached hydrogens (tertiary/aromatic N) is 2. The van der Waals surface area contributed by atoms with Crippen molar-refractivity contribution in [1.29, 1.82) is 0 Å². The van der Waals surface area contributed by atoms with E-state index in [4.69, 9.17) is 23.2 Å². The third-order valence-electron chi connectivity index (χ3n) is 4.68. The molecule has 0 fully saturated rings. The molecular formula is C22H14Cl2FN3O3. The van der Waals surface area contributed by atoms with Crippen LogP contribution in [0.5, 0.6) is 5.75 Å². The van der Waals surface area contributed by atoms with Crippen LogP contribution in [-0.2, 0) is 11.2 Å². The van der Waals surface area contributed by atoms with Gasteiger partial charge in [-0.15, -0.1) is 0 Å². The van der Waals surface area contributed by atoms with E-state index in [2.05, 4.69) is 10.3 Å². The molecule has 0 saturated carbocycles. The molecular weight excluding hydrogens is 444 g/mol. The number of ketones is 1. The van der Waals surface area contributed by atoms with Crippen molar-refractivity contribution in [3.63, 3.8) is 0 Å². The highest BCUT2D eigenvalue weighted by Crippen LogP contribution is 2.29. The number of benzene rings is 1. The fourth-order valence-corrected chi connectivity index (χ4v) is 3.67. The van der Waals surface area contributed by atoms with Crippen molar-refractivity contribution in [2.24, 2.45) is 0 Å². The van der Waals surface area contributed by atoms with Crippen LogP contribution in [0.3, 0.4) is 0 Å². The van der Waals surface area contributed by atoms with Crippen molar-refractivity contribution in [3.8, 4) is 5.75 Å². The standard InChI is InChI=1S/C22H14Cl2FN3O3/c23-17-10-26-11-18(24)20(17)27-22(31)21(30)16-8-14(7-12-1-3-13(25)4-2-12)28-6-5-15(29)9-19(16)28/h1-6,8-11,29H,7H2,(H,26,27,31). The molecule has 0 unspecified atom stereocenters. The van der Waals surface area contributed by atoms with Crippen molar-refractivity contribution in [2.45, 2.75) is 6.42 Å². The summed E-state index contributed by atoms with van der Waals surface area (Å²) < 4.78 is 14.9. The molecule has 9 heteroatoms. The number of hydrogen-bond donors (Lipinski definition) is 2. The maximum atomic E-state index is 13.2. The Hall–Kier alpha value is -3.42. The number of hydrogen-bond acceptors (Lipinski definition) is 4. The summed E-state index contributed by atoms with van der Waals surface area (Å²) in [6.45, 7) is 0. The first-order chi connectivity index (χ1) is 14.8. The maximum absolute atomic E-state index is 13.2. The van der Waals surface area contributed by atoms with E-state index in [9.17, 15) is 19.1 Å². The van der Waals surface area contributed by atoms with E-state index in [1.807, 2.05) is 0 Å². The Kier molecular flexibility index (Phi) is 5.63. The fraction of sp³-hybridized carbons (Fsp3) is 0.0455. The molecule has 0 aliphatic heterocycles. The number of carbonyl (C=O) groups is 2. The zero-order valence-electron chi connectivity index (χ0n) is 15.8. The van der Waals surface area contributed by atoms with E-state index < -0.39 is 11.7 Å². The Morgan fingerprint density at radius 1 is 1.06 bits per heavy atom. The molecule has 4 rings (SSSR count). The van der Waals surface area contributed by atoms with Crippen LogP contribution in [0.2, 0.25) is 10.0 Å². The summed E-state index contributed by atoms with van der Waals surface area (Å²) in [4.78, 5) is 29.4. The summed E-state index contributed by atoms with van der Waals surface area (Å²) in [5.74, 6) is -2.19. The molecule has 0 aliphatic rings. The molecule has 3 heterocycles. The quantitative estimate of drug-likeness (QED) is 0.329. The van der Waals surface area contributed by atoms with Gasteiger partial charge in [-0.3, -0.25) is 14.6 Å². The van der Waals surface area contributed by atoms with Crippen molar-refractivity contribution < 1.29 is 19.1 Å². The van der Waals surface area contributed by atoms with Gasteiger partial charge >= 0.3 is 0 Å². The number of nitrogens with one attached hydrogen (secondary N) is 1. The number of aromatic nitrogens is 2. The molecule has 156 valence electrons. The topological polar surface area (TPSA) is 83.7 Å². The predicted octanol–water partition coefficient (Wildman–Crippen LogP) is 4.90. The van der Waals surface area contributed by atoms with Crippen LogP contribution < -0.4 is 5.32 Å². The van der Waals surface area contributed by atoms with Crippen LogP contribution in [0.15, 0.2) is 61.1 Å². The van der Waals surface area contributed by atoms with Gasteiger partial charge in [0.1, 0.15) is 11.6 Å². The predicted molar refractivity (Wildman–Crippen MR) is 115 cm³/mol. The molecule has 1 amide bonds. The maximum Gasteiger partial charge on any atom is 0.296 e. The van der Waals surface area contributed by atoms with Crippen LogP contribution in [0, 0.1) is 5.82 Å². The first-order valence-corrected chi connectivity index (χ1v) is 9.81. The number of halogens is 3. The summed E-state index contributed by atoms with van der Waals surface area (Å²) in [7, 11) is 0. The van der Waals surface area contributed by atoms with Crippen molar-refractivity contribution in [3.05, 3.63) is 93.7 Å². The lowest BCUT2D eigenvalue weighted by Crippen LogP contribution is -2.23. The first kappa shape index (κ1) is 20.8. The highest BCUT2D eigenvalue weighted by atomic mass is 35.5. The monoisotopic (exact) mass is 457 g/mol. The van der Waals surface area contributed by atoms with E-state index in [-0.39, 0.29) is 32.9 Å². The Labute approximate surface area is 185 Å².